The van der Waals surface area contributed by atoms with E-state index in [2.05, 4.69) is 21.6 Å². The normalized spacial score (nSPS) is 32.5. The van der Waals surface area contributed by atoms with Crippen molar-refractivity contribution in [3.8, 4) is 6.07 Å². The highest BCUT2D eigenvalue weighted by atomic mass is 16.2. The molecule has 3 aliphatic rings. The van der Waals surface area contributed by atoms with Crippen molar-refractivity contribution in [2.75, 3.05) is 32.7 Å². The monoisotopic (exact) mass is 276 g/mol. The fourth-order valence-electron chi connectivity index (χ4n) is 4.01. The Hall–Kier alpha value is -1.12. The Kier molecular flexibility index (Phi) is 3.95. The topological polar surface area (TPSA) is 68.2 Å². The van der Waals surface area contributed by atoms with Crippen molar-refractivity contribution in [1.82, 2.24) is 15.5 Å². The Morgan fingerprint density at radius 3 is 2.50 bits per heavy atom. The summed E-state index contributed by atoms with van der Waals surface area (Å²) in [6.07, 6.45) is 4.90. The molecule has 0 aromatic rings. The molecule has 5 heteroatoms. The summed E-state index contributed by atoms with van der Waals surface area (Å²) in [7, 11) is 0. The second-order valence-corrected chi connectivity index (χ2v) is 6.68. The second kappa shape index (κ2) is 5.71. The van der Waals surface area contributed by atoms with Crippen LogP contribution in [0, 0.1) is 23.2 Å². The summed E-state index contributed by atoms with van der Waals surface area (Å²) < 4.78 is 0. The van der Waals surface area contributed by atoms with E-state index in [-0.39, 0.29) is 5.91 Å². The van der Waals surface area contributed by atoms with E-state index >= 15 is 0 Å². The second-order valence-electron chi connectivity index (χ2n) is 6.68. The Bertz CT molecular complexity index is 399. The molecule has 3 rings (SSSR count). The van der Waals surface area contributed by atoms with Gasteiger partial charge in [0.05, 0.1) is 12.6 Å². The van der Waals surface area contributed by atoms with Crippen molar-refractivity contribution >= 4 is 5.91 Å². The highest BCUT2D eigenvalue weighted by Crippen LogP contribution is 2.28. The molecule has 2 heterocycles. The van der Waals surface area contributed by atoms with Gasteiger partial charge in [0.15, 0.2) is 0 Å². The third-order valence-corrected chi connectivity index (χ3v) is 5.13. The van der Waals surface area contributed by atoms with E-state index in [1.54, 1.807) is 0 Å². The van der Waals surface area contributed by atoms with Gasteiger partial charge in [-0.05, 0) is 37.8 Å². The van der Waals surface area contributed by atoms with Gasteiger partial charge < -0.3 is 10.6 Å². The Morgan fingerprint density at radius 1 is 1.25 bits per heavy atom. The van der Waals surface area contributed by atoms with E-state index in [4.69, 9.17) is 0 Å². The lowest BCUT2D eigenvalue weighted by Gasteiger charge is -2.32. The minimum Gasteiger partial charge on any atom is -0.337 e. The molecule has 1 aliphatic carbocycles. The number of carbonyl (C=O) groups excluding carboxylic acids is 1. The van der Waals surface area contributed by atoms with Gasteiger partial charge in [0.1, 0.15) is 5.54 Å². The van der Waals surface area contributed by atoms with E-state index in [9.17, 15) is 10.1 Å². The fraction of sp³-hybridized carbons (Fsp3) is 0.867. The van der Waals surface area contributed by atoms with Crippen LogP contribution in [0.5, 0.6) is 0 Å². The molecule has 0 bridgehead atoms. The maximum absolute atomic E-state index is 12.2. The number of nitrogens with zero attached hydrogens (tertiary/aromatic N) is 2. The van der Waals surface area contributed by atoms with Gasteiger partial charge in [-0.3, -0.25) is 9.69 Å². The van der Waals surface area contributed by atoms with Crippen LogP contribution >= 0.6 is 0 Å². The molecular weight excluding hydrogens is 252 g/mol. The van der Waals surface area contributed by atoms with Crippen LogP contribution in [-0.4, -0.2) is 49.1 Å². The first kappa shape index (κ1) is 13.8. The number of rotatable bonds is 3. The number of fused-ring (bicyclic) bond motifs is 1. The minimum absolute atomic E-state index is 0.0291. The van der Waals surface area contributed by atoms with Crippen molar-refractivity contribution in [3.63, 3.8) is 0 Å². The van der Waals surface area contributed by atoms with E-state index in [1.807, 2.05) is 0 Å². The largest absolute Gasteiger partial charge is 0.337 e. The summed E-state index contributed by atoms with van der Waals surface area (Å²) in [6, 6.07) is 2.35. The van der Waals surface area contributed by atoms with Gasteiger partial charge in [0.25, 0.3) is 0 Å². The van der Waals surface area contributed by atoms with Gasteiger partial charge in [-0.1, -0.05) is 19.3 Å². The van der Waals surface area contributed by atoms with Crippen LogP contribution in [0.25, 0.3) is 0 Å². The molecule has 0 aromatic carbocycles. The first-order chi connectivity index (χ1) is 9.71. The molecule has 3 fully saturated rings. The zero-order chi connectivity index (χ0) is 14.0. The predicted octanol–water partition coefficient (Wildman–Crippen LogP) is 0.480. The lowest BCUT2D eigenvalue weighted by molar-refractivity contribution is -0.123. The van der Waals surface area contributed by atoms with Crippen molar-refractivity contribution in [2.45, 2.75) is 37.6 Å². The summed E-state index contributed by atoms with van der Waals surface area (Å²) in [5.41, 5.74) is -0.591. The van der Waals surface area contributed by atoms with Gasteiger partial charge in [-0.25, -0.2) is 0 Å². The number of nitrogens with one attached hydrogen (secondary N) is 2. The van der Waals surface area contributed by atoms with Gasteiger partial charge >= 0.3 is 0 Å². The van der Waals surface area contributed by atoms with Crippen LogP contribution in [0.3, 0.4) is 0 Å². The Balaban J connectivity index is 1.51. The predicted molar refractivity (Wildman–Crippen MR) is 75.9 cm³/mol. The molecule has 2 unspecified atom stereocenters. The number of hydrogen-bond donors (Lipinski definition) is 2. The Morgan fingerprint density at radius 2 is 1.90 bits per heavy atom. The van der Waals surface area contributed by atoms with Gasteiger partial charge in [0.2, 0.25) is 5.91 Å². The van der Waals surface area contributed by atoms with Crippen LogP contribution in [0.1, 0.15) is 32.1 Å². The highest BCUT2D eigenvalue weighted by Gasteiger charge is 2.38. The van der Waals surface area contributed by atoms with Gasteiger partial charge in [-0.15, -0.1) is 0 Å². The lowest BCUT2D eigenvalue weighted by atomic mass is 9.83. The molecule has 2 N–H and O–H groups in total. The van der Waals surface area contributed by atoms with Crippen LogP contribution < -0.4 is 10.6 Å². The number of hydrogen-bond acceptors (Lipinski definition) is 4. The van der Waals surface area contributed by atoms with Crippen molar-refractivity contribution in [3.05, 3.63) is 0 Å². The first-order valence-corrected chi connectivity index (χ1v) is 7.86. The fourth-order valence-corrected chi connectivity index (χ4v) is 4.01. The van der Waals surface area contributed by atoms with Crippen molar-refractivity contribution in [2.24, 2.45) is 11.8 Å². The van der Waals surface area contributed by atoms with Crippen LogP contribution in [0.4, 0.5) is 0 Å². The molecule has 1 saturated carbocycles. The molecule has 1 amide bonds. The average Bonchev–Trinajstić information content (AvgIpc) is 3.00. The average molecular weight is 276 g/mol. The van der Waals surface area contributed by atoms with Crippen LogP contribution in [0.15, 0.2) is 0 Å². The molecular formula is C15H24N4O. The van der Waals surface area contributed by atoms with E-state index in [0.29, 0.717) is 18.4 Å². The van der Waals surface area contributed by atoms with Crippen molar-refractivity contribution < 1.29 is 4.79 Å². The van der Waals surface area contributed by atoms with E-state index in [0.717, 1.165) is 51.9 Å². The number of nitriles is 1. The molecule has 2 atom stereocenters. The summed E-state index contributed by atoms with van der Waals surface area (Å²) in [4.78, 5) is 14.5. The van der Waals surface area contributed by atoms with Crippen molar-refractivity contribution in [1.29, 1.82) is 5.26 Å². The third kappa shape index (κ3) is 2.82. The molecule has 0 spiro atoms. The smallest absolute Gasteiger partial charge is 0.235 e. The molecule has 5 nitrogen and oxygen atoms in total. The number of likely N-dealkylation sites (tertiary alicyclic amines) is 1. The third-order valence-electron chi connectivity index (χ3n) is 5.13. The summed E-state index contributed by atoms with van der Waals surface area (Å²) >= 11 is 0. The van der Waals surface area contributed by atoms with E-state index < -0.39 is 5.54 Å². The lowest BCUT2D eigenvalue weighted by Crippen LogP contribution is -2.51. The molecule has 0 radical (unpaired) electrons. The summed E-state index contributed by atoms with van der Waals surface area (Å²) in [5.74, 6) is 1.45. The molecule has 2 aliphatic heterocycles. The number of carbonyl (C=O) groups is 1. The zero-order valence-electron chi connectivity index (χ0n) is 12.0. The zero-order valence-corrected chi connectivity index (χ0v) is 12.0. The standard InChI is InChI=1S/C15H24N4O/c16-11-15(4-2-1-3-5-15)18-14(20)10-19-8-12-6-17-7-13(12)9-19/h12-13,17H,1-10H2,(H,18,20). The maximum Gasteiger partial charge on any atom is 0.235 e. The van der Waals surface area contributed by atoms with Crippen LogP contribution in [0.2, 0.25) is 0 Å². The highest BCUT2D eigenvalue weighted by molar-refractivity contribution is 5.79. The maximum atomic E-state index is 12.2. The van der Waals surface area contributed by atoms with Crippen LogP contribution in [-0.2, 0) is 4.79 Å². The summed E-state index contributed by atoms with van der Waals surface area (Å²) in [6.45, 7) is 4.67. The molecule has 110 valence electrons. The molecule has 20 heavy (non-hydrogen) atoms. The van der Waals surface area contributed by atoms with E-state index in [1.165, 1.54) is 6.42 Å². The van der Waals surface area contributed by atoms with Gasteiger partial charge in [-0.2, -0.15) is 5.26 Å². The number of amides is 1. The minimum atomic E-state index is -0.591. The first-order valence-electron chi connectivity index (χ1n) is 7.86. The van der Waals surface area contributed by atoms with Gasteiger partial charge in [0, 0.05) is 13.1 Å². The Labute approximate surface area is 120 Å². The quantitative estimate of drug-likeness (QED) is 0.787. The SMILES string of the molecule is N#CC1(NC(=O)CN2CC3CNCC3C2)CCCCC1. The summed E-state index contributed by atoms with van der Waals surface area (Å²) in [5, 5.41) is 15.8. The molecule has 0 aromatic heterocycles. The molecule has 2 saturated heterocycles.